The molecule has 1 aromatic heterocycles. The van der Waals surface area contributed by atoms with Gasteiger partial charge in [-0.1, -0.05) is 32.0 Å². The van der Waals surface area contributed by atoms with E-state index in [0.717, 1.165) is 25.1 Å². The third-order valence-corrected chi connectivity index (χ3v) is 3.72. The largest absolute Gasteiger partial charge is 0.481 e. The maximum atomic E-state index is 10.7. The third kappa shape index (κ3) is 3.48. The minimum absolute atomic E-state index is 0.0179. The first-order chi connectivity index (χ1) is 8.42. The van der Waals surface area contributed by atoms with Gasteiger partial charge in [0, 0.05) is 12.0 Å². The molecule has 1 heterocycles. The van der Waals surface area contributed by atoms with E-state index in [1.165, 1.54) is 11.8 Å². The van der Waals surface area contributed by atoms with E-state index in [4.69, 9.17) is 5.11 Å². The predicted molar refractivity (Wildman–Crippen MR) is 72.0 cm³/mol. The van der Waals surface area contributed by atoms with Gasteiger partial charge in [-0.2, -0.15) is 0 Å². The minimum atomic E-state index is -0.833. The lowest BCUT2D eigenvalue weighted by molar-refractivity contribution is -0.133. The lowest BCUT2D eigenvalue weighted by atomic mass is 9.98. The molecule has 102 valence electrons. The van der Waals surface area contributed by atoms with Crippen molar-refractivity contribution in [1.82, 2.24) is 14.8 Å². The maximum Gasteiger partial charge on any atom is 0.313 e. The van der Waals surface area contributed by atoms with Crippen molar-refractivity contribution in [3.63, 3.8) is 0 Å². The van der Waals surface area contributed by atoms with Crippen molar-refractivity contribution in [2.45, 2.75) is 57.7 Å². The fourth-order valence-corrected chi connectivity index (χ4v) is 2.91. The molecule has 0 aliphatic heterocycles. The number of hydrogen-bond donors (Lipinski definition) is 1. The van der Waals surface area contributed by atoms with E-state index in [2.05, 4.69) is 35.5 Å². The normalized spacial score (nSPS) is 11.8. The van der Waals surface area contributed by atoms with Gasteiger partial charge in [-0.3, -0.25) is 4.79 Å². The molecule has 1 N–H and O–H groups in total. The van der Waals surface area contributed by atoms with E-state index in [-0.39, 0.29) is 11.3 Å². The van der Waals surface area contributed by atoms with Crippen molar-refractivity contribution in [2.24, 2.45) is 0 Å². The molecule has 0 aromatic carbocycles. The van der Waals surface area contributed by atoms with Crippen molar-refractivity contribution < 1.29 is 9.90 Å². The molecule has 0 unspecified atom stereocenters. The van der Waals surface area contributed by atoms with Gasteiger partial charge in [0.2, 0.25) is 0 Å². The first kappa shape index (κ1) is 15.0. The molecular weight excluding hydrogens is 250 g/mol. The molecule has 0 aliphatic rings. The van der Waals surface area contributed by atoms with E-state index >= 15 is 0 Å². The Balaban J connectivity index is 3.05. The molecule has 6 heteroatoms. The van der Waals surface area contributed by atoms with Crippen LogP contribution >= 0.6 is 11.8 Å². The second kappa shape index (κ2) is 6.22. The van der Waals surface area contributed by atoms with Crippen LogP contribution in [0.25, 0.3) is 0 Å². The summed E-state index contributed by atoms with van der Waals surface area (Å²) in [5, 5.41) is 17.7. The summed E-state index contributed by atoms with van der Waals surface area (Å²) >= 11 is 1.23. The summed E-state index contributed by atoms with van der Waals surface area (Å²) in [7, 11) is 0. The lowest BCUT2D eigenvalue weighted by Crippen LogP contribution is -2.28. The van der Waals surface area contributed by atoms with E-state index in [1.54, 1.807) is 0 Å². The first-order valence-electron chi connectivity index (χ1n) is 6.21. The van der Waals surface area contributed by atoms with Crippen LogP contribution in [-0.4, -0.2) is 31.6 Å². The molecule has 0 aliphatic carbocycles. The van der Waals surface area contributed by atoms with Crippen LogP contribution in [0.15, 0.2) is 5.16 Å². The maximum absolute atomic E-state index is 10.7. The fourth-order valence-electron chi connectivity index (χ4n) is 2.08. The Hall–Kier alpha value is -1.04. The van der Waals surface area contributed by atoms with E-state index in [0.29, 0.717) is 5.16 Å². The fraction of sp³-hybridized carbons (Fsp3) is 0.750. The number of carboxylic acid groups (broad SMARTS) is 1. The molecule has 0 fully saturated rings. The molecule has 0 saturated carbocycles. The number of aryl methyl sites for hydroxylation is 1. The van der Waals surface area contributed by atoms with Crippen LogP contribution in [0.5, 0.6) is 0 Å². The monoisotopic (exact) mass is 271 g/mol. The average Bonchev–Trinajstić information content (AvgIpc) is 2.69. The highest BCUT2D eigenvalue weighted by Gasteiger charge is 2.26. The van der Waals surface area contributed by atoms with Crippen molar-refractivity contribution >= 4 is 17.7 Å². The van der Waals surface area contributed by atoms with Gasteiger partial charge in [-0.05, 0) is 20.3 Å². The molecule has 0 bridgehead atoms. The Morgan fingerprint density at radius 2 is 2.06 bits per heavy atom. The van der Waals surface area contributed by atoms with Crippen LogP contribution in [0.2, 0.25) is 0 Å². The molecule has 1 rings (SSSR count). The highest BCUT2D eigenvalue weighted by Crippen LogP contribution is 2.29. The van der Waals surface area contributed by atoms with Crippen LogP contribution in [0.3, 0.4) is 0 Å². The van der Waals surface area contributed by atoms with Gasteiger partial charge in [-0.15, -0.1) is 10.2 Å². The summed E-state index contributed by atoms with van der Waals surface area (Å²) in [6.45, 7) is 8.46. The second-order valence-corrected chi connectivity index (χ2v) is 5.78. The number of aromatic nitrogens is 3. The number of nitrogens with zero attached hydrogens (tertiary/aromatic N) is 3. The number of carbonyl (C=O) groups is 1. The number of carboxylic acids is 1. The van der Waals surface area contributed by atoms with Gasteiger partial charge >= 0.3 is 5.97 Å². The van der Waals surface area contributed by atoms with Gasteiger partial charge in [0.05, 0.1) is 5.75 Å². The summed E-state index contributed by atoms with van der Waals surface area (Å²) < 4.78 is 2.09. The SMILES string of the molecule is CCCC(C)(C)n1c(CC)nnc1SCC(=O)O. The van der Waals surface area contributed by atoms with Gasteiger partial charge in [0.25, 0.3) is 0 Å². The zero-order valence-electron chi connectivity index (χ0n) is 11.4. The zero-order valence-corrected chi connectivity index (χ0v) is 12.3. The Bertz CT molecular complexity index is 415. The number of rotatable bonds is 7. The van der Waals surface area contributed by atoms with Crippen molar-refractivity contribution in [3.05, 3.63) is 5.82 Å². The number of hydrogen-bond acceptors (Lipinski definition) is 4. The highest BCUT2D eigenvalue weighted by molar-refractivity contribution is 7.99. The molecule has 18 heavy (non-hydrogen) atoms. The van der Waals surface area contributed by atoms with Crippen LogP contribution in [0.4, 0.5) is 0 Å². The van der Waals surface area contributed by atoms with E-state index in [9.17, 15) is 4.79 Å². The molecule has 1 aromatic rings. The van der Waals surface area contributed by atoms with Crippen molar-refractivity contribution in [2.75, 3.05) is 5.75 Å². The van der Waals surface area contributed by atoms with E-state index < -0.39 is 5.97 Å². The quantitative estimate of drug-likeness (QED) is 0.772. The lowest BCUT2D eigenvalue weighted by Gasteiger charge is -2.28. The predicted octanol–water partition coefficient (Wildman–Crippen LogP) is 2.55. The molecule has 0 spiro atoms. The van der Waals surface area contributed by atoms with Crippen molar-refractivity contribution in [1.29, 1.82) is 0 Å². The molecule has 0 atom stereocenters. The molecule has 5 nitrogen and oxygen atoms in total. The van der Waals surface area contributed by atoms with Gasteiger partial charge in [0.1, 0.15) is 5.82 Å². The molecule has 0 saturated heterocycles. The standard InChI is InChI=1S/C12H21N3O2S/c1-5-7-12(3,4)15-9(6-2)13-14-11(15)18-8-10(16)17/h5-8H2,1-4H3,(H,16,17). The summed E-state index contributed by atoms with van der Waals surface area (Å²) in [5.74, 6) is 0.103. The number of aliphatic carboxylic acids is 1. The molecule has 0 radical (unpaired) electrons. The Morgan fingerprint density at radius 3 is 2.56 bits per heavy atom. The summed E-state index contributed by atoms with van der Waals surface area (Å²) in [4.78, 5) is 10.7. The zero-order chi connectivity index (χ0) is 13.8. The molecular formula is C12H21N3O2S. The Kier molecular flexibility index (Phi) is 5.19. The topological polar surface area (TPSA) is 68.0 Å². The molecule has 0 amide bonds. The van der Waals surface area contributed by atoms with Gasteiger partial charge in [0.15, 0.2) is 5.16 Å². The highest BCUT2D eigenvalue weighted by atomic mass is 32.2. The summed E-state index contributed by atoms with van der Waals surface area (Å²) in [6.07, 6.45) is 2.88. The first-order valence-corrected chi connectivity index (χ1v) is 7.20. The van der Waals surface area contributed by atoms with Crippen LogP contribution in [-0.2, 0) is 16.8 Å². The third-order valence-electron chi connectivity index (χ3n) is 2.81. The van der Waals surface area contributed by atoms with Crippen LogP contribution in [0.1, 0.15) is 46.4 Å². The number of thioether (sulfide) groups is 1. The summed E-state index contributed by atoms with van der Waals surface area (Å²) in [5.41, 5.74) is -0.0789. The smallest absolute Gasteiger partial charge is 0.313 e. The van der Waals surface area contributed by atoms with Crippen LogP contribution in [0, 0.1) is 0 Å². The van der Waals surface area contributed by atoms with Crippen molar-refractivity contribution in [3.8, 4) is 0 Å². The van der Waals surface area contributed by atoms with Gasteiger partial charge < -0.3 is 9.67 Å². The summed E-state index contributed by atoms with van der Waals surface area (Å²) in [6, 6.07) is 0. The Labute approximate surface area is 112 Å². The average molecular weight is 271 g/mol. The minimum Gasteiger partial charge on any atom is -0.481 e. The second-order valence-electron chi connectivity index (χ2n) is 4.83. The van der Waals surface area contributed by atoms with Crippen LogP contribution < -0.4 is 0 Å². The van der Waals surface area contributed by atoms with E-state index in [1.807, 2.05) is 6.92 Å². The Morgan fingerprint density at radius 1 is 1.39 bits per heavy atom. The van der Waals surface area contributed by atoms with Gasteiger partial charge in [-0.25, -0.2) is 0 Å².